The van der Waals surface area contributed by atoms with Gasteiger partial charge in [0, 0.05) is 24.9 Å². The molecule has 0 saturated carbocycles. The average molecular weight is 238 g/mol. The normalized spacial score (nSPS) is 12.7. The van der Waals surface area contributed by atoms with E-state index in [1.165, 1.54) is 11.1 Å². The highest BCUT2D eigenvalue weighted by Gasteiger charge is 2.01. The van der Waals surface area contributed by atoms with Gasteiger partial charge in [-0.15, -0.1) is 0 Å². The summed E-state index contributed by atoms with van der Waals surface area (Å²) in [5.41, 5.74) is 2.75. The fourth-order valence-corrected chi connectivity index (χ4v) is 1.79. The van der Waals surface area contributed by atoms with Crippen LogP contribution in [0.25, 0.3) is 0 Å². The van der Waals surface area contributed by atoms with Crippen LogP contribution in [0.3, 0.4) is 0 Å². The highest BCUT2D eigenvalue weighted by molar-refractivity contribution is 7.80. The van der Waals surface area contributed by atoms with E-state index in [-0.39, 0.29) is 0 Å². The maximum absolute atomic E-state index is 4.17. The summed E-state index contributed by atoms with van der Waals surface area (Å²) in [7, 11) is 2.00. The van der Waals surface area contributed by atoms with E-state index in [0.717, 1.165) is 25.3 Å². The molecule has 2 N–H and O–H groups in total. The molecule has 0 aliphatic carbocycles. The molecule has 0 saturated heterocycles. The van der Waals surface area contributed by atoms with Crippen LogP contribution in [0.4, 0.5) is 0 Å². The fourth-order valence-electron chi connectivity index (χ4n) is 1.63. The molecule has 0 aromatic heterocycles. The Morgan fingerprint density at radius 1 is 1.31 bits per heavy atom. The first-order chi connectivity index (χ1) is 7.76. The number of likely N-dealkylation sites (N-methyl/N-ethyl adjacent to an activating group) is 1. The highest BCUT2D eigenvalue weighted by atomic mass is 32.1. The van der Waals surface area contributed by atoms with Gasteiger partial charge in [-0.3, -0.25) is 0 Å². The Balaban J connectivity index is 2.50. The molecule has 1 aromatic rings. The minimum absolute atomic E-state index is 0.528. The summed E-state index contributed by atoms with van der Waals surface area (Å²) in [6.07, 6.45) is 1.08. The Labute approximate surface area is 104 Å². The van der Waals surface area contributed by atoms with Crippen molar-refractivity contribution < 1.29 is 0 Å². The third-order valence-corrected chi connectivity index (χ3v) is 2.87. The van der Waals surface area contributed by atoms with E-state index in [4.69, 9.17) is 0 Å². The molecule has 0 aliphatic heterocycles. The first kappa shape index (κ1) is 13.6. The van der Waals surface area contributed by atoms with Crippen molar-refractivity contribution in [2.24, 2.45) is 0 Å². The number of nitrogens with one attached hydrogen (secondary N) is 2. The van der Waals surface area contributed by atoms with Crippen LogP contribution in [0.1, 0.15) is 18.1 Å². The Morgan fingerprint density at radius 2 is 2.06 bits per heavy atom. The molecule has 1 aromatic carbocycles. The van der Waals surface area contributed by atoms with Gasteiger partial charge >= 0.3 is 0 Å². The van der Waals surface area contributed by atoms with Crippen LogP contribution in [0.5, 0.6) is 0 Å². The first-order valence-electron chi connectivity index (χ1n) is 5.83. The van der Waals surface area contributed by atoms with Crippen LogP contribution in [-0.2, 0) is 13.0 Å². The zero-order valence-electron chi connectivity index (χ0n) is 10.2. The van der Waals surface area contributed by atoms with Crippen molar-refractivity contribution in [3.8, 4) is 0 Å². The lowest BCUT2D eigenvalue weighted by Gasteiger charge is -2.11. The van der Waals surface area contributed by atoms with Crippen molar-refractivity contribution in [2.75, 3.05) is 19.3 Å². The molecule has 1 atom stereocenters. The molecule has 0 radical (unpaired) electrons. The second-order valence-electron chi connectivity index (χ2n) is 4.11. The second kappa shape index (κ2) is 7.71. The molecule has 3 heteroatoms. The van der Waals surface area contributed by atoms with Crippen molar-refractivity contribution in [1.29, 1.82) is 0 Å². The van der Waals surface area contributed by atoms with E-state index in [9.17, 15) is 0 Å². The van der Waals surface area contributed by atoms with Crippen LogP contribution < -0.4 is 10.6 Å². The quantitative estimate of drug-likeness (QED) is 0.499. The Hall–Kier alpha value is -0.510. The molecule has 90 valence electrons. The van der Waals surface area contributed by atoms with E-state index in [2.05, 4.69) is 54.5 Å². The molecule has 0 heterocycles. The van der Waals surface area contributed by atoms with Gasteiger partial charge in [0.2, 0.25) is 0 Å². The first-order valence-corrected chi connectivity index (χ1v) is 6.46. The van der Waals surface area contributed by atoms with Crippen LogP contribution in [0, 0.1) is 0 Å². The number of benzene rings is 1. The maximum atomic E-state index is 4.17. The predicted molar refractivity (Wildman–Crippen MR) is 74.2 cm³/mol. The van der Waals surface area contributed by atoms with Crippen LogP contribution in [0.2, 0.25) is 0 Å². The van der Waals surface area contributed by atoms with E-state index in [0.29, 0.717) is 6.04 Å². The van der Waals surface area contributed by atoms with Gasteiger partial charge in [-0.25, -0.2) is 0 Å². The Bertz CT molecular complexity index is 302. The lowest BCUT2D eigenvalue weighted by molar-refractivity contribution is 0.608. The fraction of sp³-hybridized carbons (Fsp3) is 0.538. The Morgan fingerprint density at radius 3 is 2.75 bits per heavy atom. The zero-order valence-corrected chi connectivity index (χ0v) is 11.1. The number of rotatable bonds is 7. The van der Waals surface area contributed by atoms with Crippen LogP contribution >= 0.6 is 12.6 Å². The molecule has 0 aliphatic rings. The zero-order chi connectivity index (χ0) is 11.8. The number of hydrogen-bond acceptors (Lipinski definition) is 3. The summed E-state index contributed by atoms with van der Waals surface area (Å²) in [5.74, 6) is 0.885. The monoisotopic (exact) mass is 238 g/mol. The van der Waals surface area contributed by atoms with Gasteiger partial charge < -0.3 is 10.6 Å². The van der Waals surface area contributed by atoms with Crippen molar-refractivity contribution >= 4 is 12.6 Å². The van der Waals surface area contributed by atoms with Gasteiger partial charge in [0.15, 0.2) is 0 Å². The molecule has 0 spiro atoms. The molecule has 0 bridgehead atoms. The lowest BCUT2D eigenvalue weighted by Crippen LogP contribution is -2.23. The van der Waals surface area contributed by atoms with Crippen molar-refractivity contribution in [3.63, 3.8) is 0 Å². The summed E-state index contributed by atoms with van der Waals surface area (Å²) in [4.78, 5) is 0. The molecule has 1 unspecified atom stereocenters. The topological polar surface area (TPSA) is 24.1 Å². The van der Waals surface area contributed by atoms with E-state index in [1.54, 1.807) is 0 Å². The van der Waals surface area contributed by atoms with Crippen LogP contribution in [0.15, 0.2) is 24.3 Å². The van der Waals surface area contributed by atoms with Crippen molar-refractivity contribution in [3.05, 3.63) is 35.4 Å². The summed E-state index contributed by atoms with van der Waals surface area (Å²) < 4.78 is 0. The van der Waals surface area contributed by atoms with Gasteiger partial charge in [0.05, 0.1) is 0 Å². The standard InChI is InChI=1S/C13H22N2S/c1-11(14-2)8-12-4-3-5-13(9-12)10-15-6-7-16/h3-5,9,11,14-16H,6-8,10H2,1-2H3. The van der Waals surface area contributed by atoms with Crippen molar-refractivity contribution in [1.82, 2.24) is 10.6 Å². The van der Waals surface area contributed by atoms with Gasteiger partial charge in [-0.1, -0.05) is 24.3 Å². The highest BCUT2D eigenvalue weighted by Crippen LogP contribution is 2.07. The molecule has 0 amide bonds. The number of thiol groups is 1. The largest absolute Gasteiger partial charge is 0.317 e. The molecule has 0 fully saturated rings. The molecule has 2 nitrogen and oxygen atoms in total. The van der Waals surface area contributed by atoms with Gasteiger partial charge in [0.1, 0.15) is 0 Å². The SMILES string of the molecule is CNC(C)Cc1cccc(CNCCS)c1. The van der Waals surface area contributed by atoms with E-state index >= 15 is 0 Å². The van der Waals surface area contributed by atoms with E-state index in [1.807, 2.05) is 7.05 Å². The maximum Gasteiger partial charge on any atom is 0.0205 e. The summed E-state index contributed by atoms with van der Waals surface area (Å²) in [6.45, 7) is 4.09. The Kier molecular flexibility index (Phi) is 6.53. The summed E-state index contributed by atoms with van der Waals surface area (Å²) >= 11 is 4.17. The minimum Gasteiger partial charge on any atom is -0.317 e. The molecule has 1 rings (SSSR count). The van der Waals surface area contributed by atoms with Crippen LogP contribution in [-0.4, -0.2) is 25.4 Å². The molecular weight excluding hydrogens is 216 g/mol. The predicted octanol–water partition coefficient (Wildman–Crippen LogP) is 1.86. The minimum atomic E-state index is 0.528. The second-order valence-corrected chi connectivity index (χ2v) is 4.56. The average Bonchev–Trinajstić information content (AvgIpc) is 2.30. The number of hydrogen-bond donors (Lipinski definition) is 3. The molecule has 16 heavy (non-hydrogen) atoms. The van der Waals surface area contributed by atoms with E-state index < -0.39 is 0 Å². The third kappa shape index (κ3) is 5.01. The lowest BCUT2D eigenvalue weighted by atomic mass is 10.0. The smallest absolute Gasteiger partial charge is 0.0205 e. The molecular formula is C13H22N2S. The summed E-state index contributed by atoms with van der Waals surface area (Å²) in [5, 5.41) is 6.61. The van der Waals surface area contributed by atoms with Crippen molar-refractivity contribution in [2.45, 2.75) is 25.9 Å². The third-order valence-electron chi connectivity index (χ3n) is 2.64. The van der Waals surface area contributed by atoms with Gasteiger partial charge in [0.25, 0.3) is 0 Å². The van der Waals surface area contributed by atoms with Gasteiger partial charge in [-0.05, 0) is 31.5 Å². The van der Waals surface area contributed by atoms with Gasteiger partial charge in [-0.2, -0.15) is 12.6 Å². The summed E-state index contributed by atoms with van der Waals surface area (Å²) in [6, 6.07) is 9.30.